The Morgan fingerprint density at radius 1 is 0.907 bits per heavy atom. The summed E-state index contributed by atoms with van der Waals surface area (Å²) < 4.78 is 46.2. The smallest absolute Gasteiger partial charge is 0.416 e. The predicted octanol–water partition coefficient (Wildman–Crippen LogP) is 9.75. The highest BCUT2D eigenvalue weighted by Gasteiger charge is 2.41. The summed E-state index contributed by atoms with van der Waals surface area (Å²) in [6.07, 6.45) is -6.51. The maximum absolute atomic E-state index is 13.5. The lowest BCUT2D eigenvalue weighted by Crippen LogP contribution is -2.31. The van der Waals surface area contributed by atoms with E-state index in [2.05, 4.69) is 0 Å². The fourth-order valence-corrected chi connectivity index (χ4v) is 5.99. The number of halogens is 4. The van der Waals surface area contributed by atoms with Gasteiger partial charge in [-0.1, -0.05) is 71.3 Å². The number of aliphatic hydroxyl groups is 1. The summed E-state index contributed by atoms with van der Waals surface area (Å²) >= 11 is 6.75. The van der Waals surface area contributed by atoms with Crippen LogP contribution in [0.25, 0.3) is 22.3 Å². The van der Waals surface area contributed by atoms with Crippen molar-refractivity contribution in [3.8, 4) is 22.3 Å². The molecule has 1 saturated heterocycles. The molecule has 0 radical (unpaired) electrons. The molecule has 0 saturated carbocycles. The van der Waals surface area contributed by atoms with E-state index in [4.69, 9.17) is 16.3 Å². The normalized spacial score (nSPS) is 17.7. The average molecular weight is 608 g/mol. The molecule has 1 fully saturated rings. The number of carbonyl (C=O) groups excluding carboxylic acids is 1. The second kappa shape index (κ2) is 11.7. The van der Waals surface area contributed by atoms with E-state index >= 15 is 0 Å². The Kier molecular flexibility index (Phi) is 8.34. The minimum absolute atomic E-state index is 0.189. The molecule has 0 spiro atoms. The molecule has 8 heteroatoms. The van der Waals surface area contributed by atoms with Crippen molar-refractivity contribution in [3.05, 3.63) is 117 Å². The zero-order valence-electron chi connectivity index (χ0n) is 24.6. The van der Waals surface area contributed by atoms with Gasteiger partial charge in [0.05, 0.1) is 24.3 Å². The first-order valence-corrected chi connectivity index (χ1v) is 14.4. The fourth-order valence-electron chi connectivity index (χ4n) is 5.77. The SMILES string of the molecule is Cc1cc([C@H]2OC(=O)N(Cc3cc(C)ccc3-c3cc(-c4ccc(C(C)O)cc4C)ccc3Cl)[C@H]2C)cc(C(F)(F)F)c1. The lowest BCUT2D eigenvalue weighted by atomic mass is 9.92. The summed E-state index contributed by atoms with van der Waals surface area (Å²) in [6, 6.07) is 20.9. The van der Waals surface area contributed by atoms with Gasteiger partial charge in [0.2, 0.25) is 0 Å². The molecule has 1 aliphatic rings. The van der Waals surface area contributed by atoms with Crippen LogP contribution in [0.3, 0.4) is 0 Å². The number of ether oxygens (including phenoxy) is 1. The fraction of sp³-hybridized carbons (Fsp3) is 0.286. The highest BCUT2D eigenvalue weighted by Crippen LogP contribution is 2.40. The van der Waals surface area contributed by atoms with Crippen LogP contribution in [-0.4, -0.2) is 22.1 Å². The van der Waals surface area contributed by atoms with Crippen LogP contribution in [0.4, 0.5) is 18.0 Å². The van der Waals surface area contributed by atoms with Gasteiger partial charge in [0.1, 0.15) is 6.10 Å². The van der Waals surface area contributed by atoms with Gasteiger partial charge < -0.3 is 9.84 Å². The molecule has 0 aromatic heterocycles. The van der Waals surface area contributed by atoms with E-state index in [-0.39, 0.29) is 6.54 Å². The summed E-state index contributed by atoms with van der Waals surface area (Å²) in [6.45, 7) is 9.25. The van der Waals surface area contributed by atoms with Gasteiger partial charge in [0, 0.05) is 10.6 Å². The van der Waals surface area contributed by atoms with Crippen molar-refractivity contribution in [1.82, 2.24) is 4.90 Å². The third kappa shape index (κ3) is 6.29. The molecule has 4 aromatic rings. The van der Waals surface area contributed by atoms with E-state index in [9.17, 15) is 23.1 Å². The Bertz CT molecular complexity index is 1700. The van der Waals surface area contributed by atoms with Crippen LogP contribution in [0.1, 0.15) is 65.0 Å². The molecule has 0 aliphatic carbocycles. The highest BCUT2D eigenvalue weighted by atomic mass is 35.5. The quantitative estimate of drug-likeness (QED) is 0.237. The van der Waals surface area contributed by atoms with Crippen LogP contribution in [0, 0.1) is 20.8 Å². The standard InChI is InChI=1S/C35H33ClF3NO3/c1-19-6-9-30(31-17-25(8-11-32(31)36)29-10-7-24(23(5)41)15-21(29)3)27(12-19)18-40-22(4)33(43-34(40)42)26-13-20(2)14-28(16-26)35(37,38)39/h6-17,22-23,33,41H,18H2,1-5H3/t22-,23?,33-/m0/s1. The number of aryl methyl sites for hydroxylation is 3. The Labute approximate surface area is 254 Å². The van der Waals surface area contributed by atoms with Gasteiger partial charge in [-0.15, -0.1) is 0 Å². The van der Waals surface area contributed by atoms with E-state index in [1.54, 1.807) is 31.7 Å². The van der Waals surface area contributed by atoms with Crippen molar-refractivity contribution < 1.29 is 27.8 Å². The maximum atomic E-state index is 13.5. The number of hydrogen-bond acceptors (Lipinski definition) is 3. The molecule has 1 heterocycles. The second-order valence-electron chi connectivity index (χ2n) is 11.4. The number of alkyl halides is 3. The lowest BCUT2D eigenvalue weighted by Gasteiger charge is -2.23. The van der Waals surface area contributed by atoms with E-state index in [1.165, 1.54) is 0 Å². The van der Waals surface area contributed by atoms with Crippen LogP contribution in [0.5, 0.6) is 0 Å². The molecule has 1 N–H and O–H groups in total. The summed E-state index contributed by atoms with van der Waals surface area (Å²) in [5.74, 6) is 0. The van der Waals surface area contributed by atoms with E-state index in [0.717, 1.165) is 56.6 Å². The second-order valence-corrected chi connectivity index (χ2v) is 11.8. The van der Waals surface area contributed by atoms with Crippen molar-refractivity contribution in [1.29, 1.82) is 0 Å². The van der Waals surface area contributed by atoms with Crippen molar-refractivity contribution >= 4 is 17.7 Å². The van der Waals surface area contributed by atoms with Crippen molar-refractivity contribution in [3.63, 3.8) is 0 Å². The highest BCUT2D eigenvalue weighted by molar-refractivity contribution is 6.33. The number of aliphatic hydroxyl groups excluding tert-OH is 1. The predicted molar refractivity (Wildman–Crippen MR) is 163 cm³/mol. The molecule has 43 heavy (non-hydrogen) atoms. The number of hydrogen-bond donors (Lipinski definition) is 1. The Hall–Kier alpha value is -3.81. The zero-order valence-corrected chi connectivity index (χ0v) is 25.3. The average Bonchev–Trinajstić information content (AvgIpc) is 3.21. The number of benzene rings is 4. The first-order chi connectivity index (χ1) is 20.2. The summed E-state index contributed by atoms with van der Waals surface area (Å²) in [7, 11) is 0. The van der Waals surface area contributed by atoms with Gasteiger partial charge in [0.15, 0.2) is 0 Å². The van der Waals surface area contributed by atoms with Crippen LogP contribution >= 0.6 is 11.6 Å². The molecular weight excluding hydrogens is 575 g/mol. The Morgan fingerprint density at radius 2 is 1.63 bits per heavy atom. The molecule has 4 aromatic carbocycles. The molecule has 1 amide bonds. The molecular formula is C35H33ClF3NO3. The number of amides is 1. The lowest BCUT2D eigenvalue weighted by molar-refractivity contribution is -0.137. The molecule has 1 aliphatic heterocycles. The van der Waals surface area contributed by atoms with Gasteiger partial charge in [-0.25, -0.2) is 4.79 Å². The minimum Gasteiger partial charge on any atom is -0.439 e. The third-order valence-corrected chi connectivity index (χ3v) is 8.38. The molecule has 0 bridgehead atoms. The van der Waals surface area contributed by atoms with Crippen LogP contribution in [-0.2, 0) is 17.5 Å². The van der Waals surface area contributed by atoms with Gasteiger partial charge in [0.25, 0.3) is 0 Å². The van der Waals surface area contributed by atoms with E-state index < -0.39 is 36.1 Å². The summed E-state index contributed by atoms with van der Waals surface area (Å²) in [5, 5.41) is 10.5. The molecule has 224 valence electrons. The minimum atomic E-state index is -4.51. The first-order valence-electron chi connectivity index (χ1n) is 14.1. The van der Waals surface area contributed by atoms with Crippen LogP contribution in [0.2, 0.25) is 5.02 Å². The zero-order chi connectivity index (χ0) is 31.2. The molecule has 5 rings (SSSR count). The topological polar surface area (TPSA) is 49.8 Å². The van der Waals surface area contributed by atoms with Gasteiger partial charge in [-0.05, 0) is 97.8 Å². The van der Waals surface area contributed by atoms with Crippen LogP contribution < -0.4 is 0 Å². The number of cyclic esters (lactones) is 1. The van der Waals surface area contributed by atoms with Crippen LogP contribution in [0.15, 0.2) is 72.8 Å². The molecule has 1 unspecified atom stereocenters. The van der Waals surface area contributed by atoms with Crippen molar-refractivity contribution in [2.45, 2.75) is 65.6 Å². The van der Waals surface area contributed by atoms with Crippen molar-refractivity contribution in [2.75, 3.05) is 0 Å². The van der Waals surface area contributed by atoms with E-state index in [1.807, 2.05) is 68.4 Å². The largest absolute Gasteiger partial charge is 0.439 e. The maximum Gasteiger partial charge on any atom is 0.416 e. The Morgan fingerprint density at radius 3 is 2.30 bits per heavy atom. The summed E-state index contributed by atoms with van der Waals surface area (Å²) in [4.78, 5) is 14.7. The third-order valence-electron chi connectivity index (χ3n) is 8.05. The summed E-state index contributed by atoms with van der Waals surface area (Å²) in [5.41, 5.74) is 7.25. The van der Waals surface area contributed by atoms with Gasteiger partial charge in [-0.2, -0.15) is 13.2 Å². The van der Waals surface area contributed by atoms with Gasteiger partial charge >= 0.3 is 12.3 Å². The first kappa shape index (κ1) is 30.6. The monoisotopic (exact) mass is 607 g/mol. The van der Waals surface area contributed by atoms with Crippen molar-refractivity contribution in [2.24, 2.45) is 0 Å². The Balaban J connectivity index is 1.49. The number of carbonyl (C=O) groups is 1. The number of nitrogens with zero attached hydrogens (tertiary/aromatic N) is 1. The van der Waals surface area contributed by atoms with E-state index in [0.29, 0.717) is 16.1 Å². The number of rotatable bonds is 6. The molecule has 3 atom stereocenters. The molecule has 4 nitrogen and oxygen atoms in total. The van der Waals surface area contributed by atoms with Gasteiger partial charge in [-0.3, -0.25) is 4.90 Å².